The highest BCUT2D eigenvalue weighted by atomic mass is 32.1. The number of hydrogen-bond donors (Lipinski definition) is 1. The van der Waals surface area contributed by atoms with Crippen LogP contribution in [-0.2, 0) is 9.59 Å². The number of methoxy groups -OCH3 is 1. The summed E-state index contributed by atoms with van der Waals surface area (Å²) in [5, 5.41) is 11.7. The maximum absolute atomic E-state index is 12.4. The van der Waals surface area contributed by atoms with E-state index in [9.17, 15) is 9.59 Å². The van der Waals surface area contributed by atoms with Crippen molar-refractivity contribution in [3.05, 3.63) is 29.3 Å². The molecule has 1 saturated heterocycles. The van der Waals surface area contributed by atoms with Crippen molar-refractivity contribution in [1.82, 2.24) is 20.0 Å². The molecule has 1 aliphatic heterocycles. The summed E-state index contributed by atoms with van der Waals surface area (Å²) in [4.78, 5) is 28.5. The molecule has 10 heteroatoms. The van der Waals surface area contributed by atoms with Crippen LogP contribution < -0.4 is 14.8 Å². The zero-order chi connectivity index (χ0) is 22.1. The molecule has 1 fully saturated rings. The molecule has 3 rings (SSSR count). The molecule has 0 unspecified atom stereocenters. The minimum atomic E-state index is -0.134. The lowest BCUT2D eigenvalue weighted by Gasteiger charge is -2.34. The van der Waals surface area contributed by atoms with Crippen LogP contribution in [0.25, 0.3) is 0 Å². The molecule has 0 aliphatic carbocycles. The fraction of sp³-hybridized carbons (Fsp3) is 0.524. The average molecular weight is 448 g/mol. The molecule has 1 N–H and O–H groups in total. The van der Waals surface area contributed by atoms with Gasteiger partial charge in [-0.15, -0.1) is 10.2 Å². The normalized spacial score (nSPS) is 14.3. The summed E-state index contributed by atoms with van der Waals surface area (Å²) < 4.78 is 11.0. The lowest BCUT2D eigenvalue weighted by atomic mass is 10.2. The number of aromatic nitrogens is 2. The van der Waals surface area contributed by atoms with Gasteiger partial charge in [0.15, 0.2) is 0 Å². The number of carbonyl (C=O) groups excluding carboxylic acids is 2. The molecule has 0 spiro atoms. The van der Waals surface area contributed by atoms with E-state index in [1.165, 1.54) is 11.3 Å². The molecule has 31 heavy (non-hydrogen) atoms. The smallest absolute Gasteiger partial charge is 0.226 e. The van der Waals surface area contributed by atoms with Crippen LogP contribution in [0.4, 0.5) is 5.13 Å². The summed E-state index contributed by atoms with van der Waals surface area (Å²) >= 11 is 1.34. The van der Waals surface area contributed by atoms with Gasteiger partial charge in [-0.05, 0) is 25.5 Å². The van der Waals surface area contributed by atoms with Gasteiger partial charge in [-0.3, -0.25) is 14.5 Å². The Morgan fingerprint density at radius 1 is 1.13 bits per heavy atom. The Bertz CT molecular complexity index is 867. The van der Waals surface area contributed by atoms with Crippen LogP contribution in [0.2, 0.25) is 0 Å². The highest BCUT2D eigenvalue weighted by molar-refractivity contribution is 7.15. The Morgan fingerprint density at radius 2 is 1.90 bits per heavy atom. The average Bonchev–Trinajstić information content (AvgIpc) is 3.18. The fourth-order valence-corrected chi connectivity index (χ4v) is 3.90. The Hall–Kier alpha value is -2.72. The third-order valence-corrected chi connectivity index (χ3v) is 5.76. The van der Waals surface area contributed by atoms with Crippen LogP contribution in [0.15, 0.2) is 24.3 Å². The van der Waals surface area contributed by atoms with E-state index in [0.29, 0.717) is 44.1 Å². The Kier molecular flexibility index (Phi) is 8.60. The van der Waals surface area contributed by atoms with Gasteiger partial charge in [0.25, 0.3) is 0 Å². The summed E-state index contributed by atoms with van der Waals surface area (Å²) in [7, 11) is 1.63. The molecule has 168 valence electrons. The first-order chi connectivity index (χ1) is 15.0. The molecule has 1 aliphatic rings. The van der Waals surface area contributed by atoms with E-state index >= 15 is 0 Å². The van der Waals surface area contributed by atoms with E-state index < -0.39 is 0 Å². The highest BCUT2D eigenvalue weighted by Gasteiger charge is 2.21. The first-order valence-electron chi connectivity index (χ1n) is 10.4. The van der Waals surface area contributed by atoms with E-state index in [1.54, 1.807) is 7.11 Å². The van der Waals surface area contributed by atoms with Crippen LogP contribution in [0.1, 0.15) is 24.3 Å². The molecule has 1 aromatic heterocycles. The number of amides is 2. The minimum absolute atomic E-state index is 0.104. The van der Waals surface area contributed by atoms with E-state index in [2.05, 4.69) is 20.4 Å². The lowest BCUT2D eigenvalue weighted by Crippen LogP contribution is -2.49. The Balaban J connectivity index is 1.28. The van der Waals surface area contributed by atoms with Crippen molar-refractivity contribution >= 4 is 28.3 Å². The van der Waals surface area contributed by atoms with Gasteiger partial charge in [0, 0.05) is 51.6 Å². The maximum Gasteiger partial charge on any atom is 0.226 e. The largest absolute Gasteiger partial charge is 0.497 e. The SMILES string of the molecule is COc1cccc(OCCN2CCN(C(=O)CCCC(=O)Nc3nnc(C)s3)CC2)c1. The summed E-state index contributed by atoms with van der Waals surface area (Å²) in [6, 6.07) is 7.56. The molecule has 0 radical (unpaired) electrons. The Labute approximate surface area is 186 Å². The van der Waals surface area contributed by atoms with E-state index in [4.69, 9.17) is 9.47 Å². The monoisotopic (exact) mass is 447 g/mol. The quantitative estimate of drug-likeness (QED) is 0.596. The predicted molar refractivity (Wildman–Crippen MR) is 119 cm³/mol. The van der Waals surface area contributed by atoms with Gasteiger partial charge in [-0.25, -0.2) is 0 Å². The van der Waals surface area contributed by atoms with Gasteiger partial charge in [-0.2, -0.15) is 0 Å². The van der Waals surface area contributed by atoms with Gasteiger partial charge in [-0.1, -0.05) is 17.4 Å². The fourth-order valence-electron chi connectivity index (χ4n) is 3.29. The number of anilines is 1. The summed E-state index contributed by atoms with van der Waals surface area (Å²) in [6.45, 7) is 6.28. The molecule has 2 amide bonds. The predicted octanol–water partition coefficient (Wildman–Crippen LogP) is 2.19. The number of ether oxygens (including phenoxy) is 2. The van der Waals surface area contributed by atoms with E-state index in [0.717, 1.165) is 36.1 Å². The topological polar surface area (TPSA) is 96.9 Å². The number of piperazine rings is 1. The van der Waals surface area contributed by atoms with Crippen molar-refractivity contribution in [3.8, 4) is 11.5 Å². The third-order valence-electron chi connectivity index (χ3n) is 5.01. The number of carbonyl (C=O) groups is 2. The Morgan fingerprint density at radius 3 is 2.61 bits per heavy atom. The molecule has 2 aromatic rings. The third kappa shape index (κ3) is 7.48. The van der Waals surface area contributed by atoms with Crippen LogP contribution in [0.5, 0.6) is 11.5 Å². The van der Waals surface area contributed by atoms with Crippen molar-refractivity contribution in [3.63, 3.8) is 0 Å². The zero-order valence-electron chi connectivity index (χ0n) is 18.0. The molecule has 0 saturated carbocycles. The first-order valence-corrected chi connectivity index (χ1v) is 11.2. The number of rotatable bonds is 10. The van der Waals surface area contributed by atoms with Crippen molar-refractivity contribution < 1.29 is 19.1 Å². The number of hydrogen-bond acceptors (Lipinski definition) is 8. The molecular formula is C21H29N5O4S. The second-order valence-corrected chi connectivity index (χ2v) is 8.46. The molecule has 1 aromatic carbocycles. The van der Waals surface area contributed by atoms with Gasteiger partial charge in [0.2, 0.25) is 16.9 Å². The van der Waals surface area contributed by atoms with Crippen molar-refractivity contribution in [2.24, 2.45) is 0 Å². The highest BCUT2D eigenvalue weighted by Crippen LogP contribution is 2.19. The van der Waals surface area contributed by atoms with Crippen LogP contribution in [-0.4, -0.2) is 78.3 Å². The van der Waals surface area contributed by atoms with Crippen molar-refractivity contribution in [1.29, 1.82) is 0 Å². The van der Waals surface area contributed by atoms with E-state index in [-0.39, 0.29) is 11.8 Å². The molecule has 0 bridgehead atoms. The standard InChI is InChI=1S/C21H29N5O4S/c1-16-23-24-21(31-16)22-19(27)7-4-8-20(28)26-11-9-25(10-12-26)13-14-30-18-6-3-5-17(15-18)29-2/h3,5-6,15H,4,7-14H2,1-2H3,(H,22,24,27). The van der Waals surface area contributed by atoms with E-state index in [1.807, 2.05) is 36.1 Å². The van der Waals surface area contributed by atoms with Crippen molar-refractivity contribution in [2.75, 3.05) is 51.8 Å². The summed E-state index contributed by atoms with van der Waals surface area (Å²) in [5.74, 6) is 1.53. The second kappa shape index (κ2) is 11.6. The van der Waals surface area contributed by atoms with Crippen LogP contribution in [0.3, 0.4) is 0 Å². The molecular weight excluding hydrogens is 418 g/mol. The summed E-state index contributed by atoms with van der Waals surface area (Å²) in [5.41, 5.74) is 0. The van der Waals surface area contributed by atoms with Crippen LogP contribution in [0, 0.1) is 6.92 Å². The number of benzene rings is 1. The van der Waals surface area contributed by atoms with Crippen molar-refractivity contribution in [2.45, 2.75) is 26.2 Å². The maximum atomic E-state index is 12.4. The minimum Gasteiger partial charge on any atom is -0.497 e. The number of nitrogens with one attached hydrogen (secondary N) is 1. The first kappa shape index (κ1) is 23.0. The number of aryl methyl sites for hydroxylation is 1. The van der Waals surface area contributed by atoms with Crippen LogP contribution >= 0.6 is 11.3 Å². The molecule has 9 nitrogen and oxygen atoms in total. The summed E-state index contributed by atoms with van der Waals surface area (Å²) in [6.07, 6.45) is 1.20. The van der Waals surface area contributed by atoms with Gasteiger partial charge in [0.05, 0.1) is 7.11 Å². The van der Waals surface area contributed by atoms with Gasteiger partial charge >= 0.3 is 0 Å². The zero-order valence-corrected chi connectivity index (χ0v) is 18.8. The van der Waals surface area contributed by atoms with Gasteiger partial charge < -0.3 is 19.7 Å². The van der Waals surface area contributed by atoms with Gasteiger partial charge in [0.1, 0.15) is 23.1 Å². The number of nitrogens with zero attached hydrogens (tertiary/aromatic N) is 4. The second-order valence-electron chi connectivity index (χ2n) is 7.28. The molecule has 0 atom stereocenters. The lowest BCUT2D eigenvalue weighted by molar-refractivity contribution is -0.133. The molecule has 2 heterocycles.